The molecule has 2 heterocycles. The van der Waals surface area contributed by atoms with Crippen molar-refractivity contribution in [3.8, 4) is 0 Å². The third-order valence-corrected chi connectivity index (χ3v) is 3.06. The first-order valence-electron chi connectivity index (χ1n) is 5.27. The van der Waals surface area contributed by atoms with E-state index in [-0.39, 0.29) is 5.78 Å². The van der Waals surface area contributed by atoms with Gasteiger partial charge in [-0.2, -0.15) is 5.10 Å². The van der Waals surface area contributed by atoms with Crippen molar-refractivity contribution < 1.29 is 4.79 Å². The van der Waals surface area contributed by atoms with Gasteiger partial charge in [0.25, 0.3) is 0 Å². The normalized spacial score (nSPS) is 11.1. The molecule has 2 rings (SSSR count). The van der Waals surface area contributed by atoms with E-state index >= 15 is 0 Å². The Balaban J connectivity index is 2.96. The Bertz CT molecular complexity index is 596. The number of nitrogens with zero attached hydrogens (tertiary/aromatic N) is 3. The highest BCUT2D eigenvalue weighted by molar-refractivity contribution is 6.01. The number of ketones is 1. The first kappa shape index (κ1) is 10.8. The van der Waals surface area contributed by atoms with Gasteiger partial charge in [-0.05, 0) is 40.2 Å². The number of fused-ring (bicyclic) bond motifs is 1. The Morgan fingerprint density at radius 1 is 1.12 bits per heavy atom. The molecule has 0 saturated heterocycles. The van der Waals surface area contributed by atoms with Crippen LogP contribution in [0.25, 0.3) is 5.65 Å². The quantitative estimate of drug-likeness (QED) is 0.688. The topological polar surface area (TPSA) is 47.3 Å². The summed E-state index contributed by atoms with van der Waals surface area (Å²) in [6.45, 7) is 9.36. The molecule has 4 nitrogen and oxygen atoms in total. The summed E-state index contributed by atoms with van der Waals surface area (Å²) in [6, 6.07) is 0. The van der Waals surface area contributed by atoms with Crippen LogP contribution in [0.3, 0.4) is 0 Å². The number of hydrogen-bond donors (Lipinski definition) is 0. The highest BCUT2D eigenvalue weighted by atomic mass is 16.1. The Morgan fingerprint density at radius 3 is 2.31 bits per heavy atom. The molecule has 2 aromatic rings. The second-order valence-electron chi connectivity index (χ2n) is 4.16. The second-order valence-corrected chi connectivity index (χ2v) is 4.16. The SMILES string of the molecule is CC(=O)c1c(C)nn2c(C)c(C)c(C)nc12. The lowest BCUT2D eigenvalue weighted by Crippen LogP contribution is -2.03. The van der Waals surface area contributed by atoms with Crippen molar-refractivity contribution in [3.63, 3.8) is 0 Å². The van der Waals surface area contributed by atoms with Gasteiger partial charge in [0.1, 0.15) is 0 Å². The number of carbonyl (C=O) groups is 1. The Kier molecular flexibility index (Phi) is 2.30. The van der Waals surface area contributed by atoms with E-state index in [4.69, 9.17) is 0 Å². The van der Waals surface area contributed by atoms with Gasteiger partial charge in [0, 0.05) is 11.4 Å². The molecule has 0 fully saturated rings. The van der Waals surface area contributed by atoms with Gasteiger partial charge in [-0.3, -0.25) is 4.79 Å². The fourth-order valence-corrected chi connectivity index (χ4v) is 1.93. The second kappa shape index (κ2) is 3.40. The van der Waals surface area contributed by atoms with Crippen molar-refractivity contribution in [3.05, 3.63) is 28.2 Å². The number of aromatic nitrogens is 3. The molecule has 0 aromatic carbocycles. The molecule has 84 valence electrons. The zero-order valence-corrected chi connectivity index (χ0v) is 10.2. The van der Waals surface area contributed by atoms with Crippen LogP contribution in [0.2, 0.25) is 0 Å². The van der Waals surface area contributed by atoms with Gasteiger partial charge in [0.15, 0.2) is 11.4 Å². The van der Waals surface area contributed by atoms with E-state index in [2.05, 4.69) is 10.1 Å². The van der Waals surface area contributed by atoms with Gasteiger partial charge in [0.2, 0.25) is 0 Å². The summed E-state index contributed by atoms with van der Waals surface area (Å²) in [5.74, 6) is 0.0163. The minimum atomic E-state index is 0.0163. The zero-order chi connectivity index (χ0) is 12.0. The minimum absolute atomic E-state index is 0.0163. The molecule has 0 aliphatic heterocycles. The molecular weight excluding hydrogens is 202 g/mol. The van der Waals surface area contributed by atoms with Gasteiger partial charge in [-0.25, -0.2) is 9.50 Å². The third-order valence-electron chi connectivity index (χ3n) is 3.06. The van der Waals surface area contributed by atoms with Gasteiger partial charge in [0.05, 0.1) is 11.3 Å². The van der Waals surface area contributed by atoms with E-state index in [9.17, 15) is 4.79 Å². The molecule has 0 aliphatic carbocycles. The highest BCUT2D eigenvalue weighted by Crippen LogP contribution is 2.19. The molecule has 0 bridgehead atoms. The zero-order valence-electron chi connectivity index (χ0n) is 10.2. The molecule has 0 spiro atoms. The van der Waals surface area contributed by atoms with Gasteiger partial charge >= 0.3 is 0 Å². The van der Waals surface area contributed by atoms with E-state index < -0.39 is 0 Å². The average Bonchev–Trinajstić information content (AvgIpc) is 2.51. The summed E-state index contributed by atoms with van der Waals surface area (Å²) >= 11 is 0. The molecule has 0 saturated carbocycles. The van der Waals surface area contributed by atoms with Crippen LogP contribution in [0.1, 0.15) is 39.9 Å². The maximum Gasteiger partial charge on any atom is 0.166 e. The maximum absolute atomic E-state index is 11.6. The molecule has 16 heavy (non-hydrogen) atoms. The monoisotopic (exact) mass is 217 g/mol. The van der Waals surface area contributed by atoms with Gasteiger partial charge in [-0.15, -0.1) is 0 Å². The first-order valence-corrected chi connectivity index (χ1v) is 5.27. The fourth-order valence-electron chi connectivity index (χ4n) is 1.93. The number of carbonyl (C=O) groups excluding carboxylic acids is 1. The van der Waals surface area contributed by atoms with Gasteiger partial charge < -0.3 is 0 Å². The molecule has 0 radical (unpaired) electrons. The predicted octanol–water partition coefficient (Wildman–Crippen LogP) is 2.17. The Hall–Kier alpha value is -1.71. The van der Waals surface area contributed by atoms with Crippen LogP contribution in [-0.2, 0) is 0 Å². The van der Waals surface area contributed by atoms with E-state index in [1.54, 1.807) is 11.4 Å². The Morgan fingerprint density at radius 2 is 1.75 bits per heavy atom. The fraction of sp³-hybridized carbons (Fsp3) is 0.417. The Labute approximate surface area is 94.3 Å². The molecule has 0 aliphatic rings. The number of rotatable bonds is 1. The predicted molar refractivity (Wildman–Crippen MR) is 61.9 cm³/mol. The van der Waals surface area contributed by atoms with Gasteiger partial charge in [-0.1, -0.05) is 0 Å². The molecular formula is C12H15N3O. The van der Waals surface area contributed by atoms with Crippen LogP contribution in [0.5, 0.6) is 0 Å². The van der Waals surface area contributed by atoms with Crippen LogP contribution in [0.15, 0.2) is 0 Å². The minimum Gasteiger partial charge on any atom is -0.294 e. The molecule has 0 N–H and O–H groups in total. The van der Waals surface area contributed by atoms with Crippen molar-refractivity contribution in [2.24, 2.45) is 0 Å². The largest absolute Gasteiger partial charge is 0.294 e. The smallest absolute Gasteiger partial charge is 0.166 e. The van der Waals surface area contributed by atoms with Crippen LogP contribution < -0.4 is 0 Å². The van der Waals surface area contributed by atoms with Crippen LogP contribution in [-0.4, -0.2) is 20.4 Å². The summed E-state index contributed by atoms with van der Waals surface area (Å²) in [6.07, 6.45) is 0. The number of hydrogen-bond acceptors (Lipinski definition) is 3. The summed E-state index contributed by atoms with van der Waals surface area (Å²) < 4.78 is 1.76. The summed E-state index contributed by atoms with van der Waals surface area (Å²) in [5, 5.41) is 4.37. The molecule has 2 aromatic heterocycles. The number of aryl methyl sites for hydroxylation is 3. The molecule has 0 unspecified atom stereocenters. The van der Waals surface area contributed by atoms with Crippen molar-refractivity contribution >= 4 is 11.4 Å². The van der Waals surface area contributed by atoms with Crippen molar-refractivity contribution in [2.45, 2.75) is 34.6 Å². The standard InChI is InChI=1S/C12H15N3O/c1-6-7(2)13-12-11(10(5)16)8(3)14-15(12)9(6)4/h1-5H3. The third kappa shape index (κ3) is 1.33. The molecule has 0 amide bonds. The molecule has 0 atom stereocenters. The lowest BCUT2D eigenvalue weighted by Gasteiger charge is -2.06. The average molecular weight is 217 g/mol. The summed E-state index contributed by atoms with van der Waals surface area (Å²) in [5.41, 5.74) is 5.15. The van der Waals surface area contributed by atoms with E-state index in [1.165, 1.54) is 0 Å². The maximum atomic E-state index is 11.6. The highest BCUT2D eigenvalue weighted by Gasteiger charge is 2.17. The summed E-state index contributed by atoms with van der Waals surface area (Å²) in [4.78, 5) is 16.0. The van der Waals surface area contributed by atoms with Crippen LogP contribution in [0, 0.1) is 27.7 Å². The first-order chi connectivity index (χ1) is 7.43. The molecule has 4 heteroatoms. The van der Waals surface area contributed by atoms with Crippen molar-refractivity contribution in [2.75, 3.05) is 0 Å². The lowest BCUT2D eigenvalue weighted by molar-refractivity contribution is 0.101. The lowest BCUT2D eigenvalue weighted by atomic mass is 10.1. The van der Waals surface area contributed by atoms with Crippen molar-refractivity contribution in [1.29, 1.82) is 0 Å². The van der Waals surface area contributed by atoms with Crippen LogP contribution >= 0.6 is 0 Å². The van der Waals surface area contributed by atoms with Crippen LogP contribution in [0.4, 0.5) is 0 Å². The van der Waals surface area contributed by atoms with Crippen molar-refractivity contribution in [1.82, 2.24) is 14.6 Å². The van der Waals surface area contributed by atoms with E-state index in [0.717, 1.165) is 22.6 Å². The summed E-state index contributed by atoms with van der Waals surface area (Å²) in [7, 11) is 0. The van der Waals surface area contributed by atoms with E-state index in [1.807, 2.05) is 27.7 Å². The van der Waals surface area contributed by atoms with E-state index in [0.29, 0.717) is 11.2 Å². The number of Topliss-reactive ketones (excluding diaryl/α,β-unsaturated/α-hetero) is 1.